The Morgan fingerprint density at radius 3 is 2.44 bits per heavy atom. The van der Waals surface area contributed by atoms with Crippen LogP contribution in [0, 0.1) is 5.92 Å². The summed E-state index contributed by atoms with van der Waals surface area (Å²) in [6.45, 7) is 5.08. The molecular weight excluding hydrogens is 204 g/mol. The highest BCUT2D eigenvalue weighted by Crippen LogP contribution is 2.15. The molecule has 0 aromatic heterocycles. The van der Waals surface area contributed by atoms with E-state index in [4.69, 9.17) is 10.2 Å². The molecule has 4 heteroatoms. The second-order valence-corrected chi connectivity index (χ2v) is 4.64. The molecule has 1 fully saturated rings. The van der Waals surface area contributed by atoms with E-state index >= 15 is 0 Å². The Kier molecular flexibility index (Phi) is 7.76. The second kappa shape index (κ2) is 8.93. The maximum Gasteiger partial charge on any atom is 0.0558 e. The molecule has 1 aliphatic heterocycles. The summed E-state index contributed by atoms with van der Waals surface area (Å²) in [6, 6.07) is 0. The first-order valence-corrected chi connectivity index (χ1v) is 6.51. The third-order valence-electron chi connectivity index (χ3n) is 3.32. The summed E-state index contributed by atoms with van der Waals surface area (Å²) < 4.78 is 0. The van der Waals surface area contributed by atoms with E-state index in [9.17, 15) is 0 Å². The minimum atomic E-state index is 0.186. The van der Waals surface area contributed by atoms with Crippen molar-refractivity contribution in [3.8, 4) is 0 Å². The fourth-order valence-corrected chi connectivity index (χ4v) is 2.39. The van der Waals surface area contributed by atoms with Gasteiger partial charge in [-0.15, -0.1) is 0 Å². The lowest BCUT2D eigenvalue weighted by Crippen LogP contribution is -2.33. The molecule has 0 aromatic carbocycles. The SMILES string of the molecule is OCCN(CCO)CCCC1CCCNC1. The molecule has 0 radical (unpaired) electrons. The van der Waals surface area contributed by atoms with Gasteiger partial charge in [-0.1, -0.05) is 0 Å². The predicted molar refractivity (Wildman–Crippen MR) is 65.4 cm³/mol. The van der Waals surface area contributed by atoms with Gasteiger partial charge >= 0.3 is 0 Å². The Balaban J connectivity index is 2.06. The molecule has 4 nitrogen and oxygen atoms in total. The average molecular weight is 230 g/mol. The van der Waals surface area contributed by atoms with E-state index in [0.717, 1.165) is 12.5 Å². The molecule has 0 bridgehead atoms. The number of aliphatic hydroxyl groups excluding tert-OH is 2. The first-order chi connectivity index (χ1) is 7.86. The highest BCUT2D eigenvalue weighted by molar-refractivity contribution is 4.69. The molecule has 0 saturated carbocycles. The van der Waals surface area contributed by atoms with Crippen LogP contribution in [0.1, 0.15) is 25.7 Å². The highest BCUT2D eigenvalue weighted by atomic mass is 16.3. The Hall–Kier alpha value is -0.160. The van der Waals surface area contributed by atoms with Gasteiger partial charge in [0.1, 0.15) is 0 Å². The lowest BCUT2D eigenvalue weighted by molar-refractivity contribution is 0.156. The Labute approximate surface area is 98.6 Å². The van der Waals surface area contributed by atoms with Gasteiger partial charge in [0, 0.05) is 13.1 Å². The average Bonchev–Trinajstić information content (AvgIpc) is 2.31. The zero-order valence-corrected chi connectivity index (χ0v) is 10.2. The normalized spacial score (nSPS) is 21.6. The van der Waals surface area contributed by atoms with Crippen molar-refractivity contribution in [1.29, 1.82) is 0 Å². The third-order valence-corrected chi connectivity index (χ3v) is 3.32. The predicted octanol–water partition coefficient (Wildman–Crippen LogP) is 0.0528. The summed E-state index contributed by atoms with van der Waals surface area (Å²) in [6.07, 6.45) is 5.10. The Morgan fingerprint density at radius 1 is 1.12 bits per heavy atom. The van der Waals surface area contributed by atoms with Gasteiger partial charge in [0.15, 0.2) is 0 Å². The first kappa shape index (κ1) is 13.9. The van der Waals surface area contributed by atoms with E-state index in [1.807, 2.05) is 0 Å². The Bertz CT molecular complexity index is 155. The second-order valence-electron chi connectivity index (χ2n) is 4.64. The molecule has 1 atom stereocenters. The third kappa shape index (κ3) is 5.80. The largest absolute Gasteiger partial charge is 0.395 e. The molecule has 1 aliphatic rings. The number of nitrogens with zero attached hydrogens (tertiary/aromatic N) is 1. The molecule has 0 spiro atoms. The standard InChI is InChI=1S/C12H26N2O2/c15-9-7-14(8-10-16)6-2-4-12-3-1-5-13-11-12/h12-13,15-16H,1-11H2. The van der Waals surface area contributed by atoms with Crippen LogP contribution in [-0.4, -0.2) is 61.1 Å². The van der Waals surface area contributed by atoms with Crippen molar-refractivity contribution >= 4 is 0 Å². The maximum absolute atomic E-state index is 8.88. The number of hydrogen-bond acceptors (Lipinski definition) is 4. The number of aliphatic hydroxyl groups is 2. The molecule has 1 rings (SSSR count). The van der Waals surface area contributed by atoms with Crippen molar-refractivity contribution in [2.45, 2.75) is 25.7 Å². The molecule has 3 N–H and O–H groups in total. The monoisotopic (exact) mass is 230 g/mol. The minimum absolute atomic E-state index is 0.186. The van der Waals surface area contributed by atoms with Gasteiger partial charge in [0.2, 0.25) is 0 Å². The van der Waals surface area contributed by atoms with Crippen LogP contribution in [-0.2, 0) is 0 Å². The summed E-state index contributed by atoms with van der Waals surface area (Å²) in [5, 5.41) is 21.2. The maximum atomic E-state index is 8.88. The van der Waals surface area contributed by atoms with Crippen LogP contribution in [0.2, 0.25) is 0 Å². The van der Waals surface area contributed by atoms with Crippen LogP contribution < -0.4 is 5.32 Å². The van der Waals surface area contributed by atoms with Gasteiger partial charge in [0.25, 0.3) is 0 Å². The summed E-state index contributed by atoms with van der Waals surface area (Å²) in [7, 11) is 0. The van der Waals surface area contributed by atoms with Gasteiger partial charge in [0.05, 0.1) is 13.2 Å². The zero-order valence-electron chi connectivity index (χ0n) is 10.2. The van der Waals surface area contributed by atoms with E-state index in [1.165, 1.54) is 38.8 Å². The fourth-order valence-electron chi connectivity index (χ4n) is 2.39. The molecule has 96 valence electrons. The van der Waals surface area contributed by atoms with E-state index in [2.05, 4.69) is 10.2 Å². The number of nitrogens with one attached hydrogen (secondary N) is 1. The Morgan fingerprint density at radius 2 is 1.88 bits per heavy atom. The van der Waals surface area contributed by atoms with E-state index in [1.54, 1.807) is 0 Å². The van der Waals surface area contributed by atoms with E-state index in [-0.39, 0.29) is 13.2 Å². The van der Waals surface area contributed by atoms with Gasteiger partial charge in [-0.25, -0.2) is 0 Å². The lowest BCUT2D eigenvalue weighted by Gasteiger charge is -2.25. The summed E-state index contributed by atoms with van der Waals surface area (Å²) in [4.78, 5) is 2.14. The van der Waals surface area contributed by atoms with Gasteiger partial charge in [-0.05, 0) is 51.2 Å². The summed E-state index contributed by atoms with van der Waals surface area (Å²) >= 11 is 0. The van der Waals surface area contributed by atoms with Crippen molar-refractivity contribution in [2.24, 2.45) is 5.92 Å². The van der Waals surface area contributed by atoms with Crippen LogP contribution in [0.5, 0.6) is 0 Å². The van der Waals surface area contributed by atoms with Crippen molar-refractivity contribution in [3.63, 3.8) is 0 Å². The molecule has 0 aliphatic carbocycles. The van der Waals surface area contributed by atoms with Crippen LogP contribution in [0.25, 0.3) is 0 Å². The highest BCUT2D eigenvalue weighted by Gasteiger charge is 2.13. The van der Waals surface area contributed by atoms with E-state index < -0.39 is 0 Å². The molecular formula is C12H26N2O2. The molecule has 16 heavy (non-hydrogen) atoms. The van der Waals surface area contributed by atoms with Crippen molar-refractivity contribution < 1.29 is 10.2 Å². The van der Waals surface area contributed by atoms with Crippen LogP contribution in [0.3, 0.4) is 0 Å². The van der Waals surface area contributed by atoms with Gasteiger partial charge in [-0.3, -0.25) is 4.90 Å². The van der Waals surface area contributed by atoms with Crippen molar-refractivity contribution in [3.05, 3.63) is 0 Å². The molecule has 0 amide bonds. The topological polar surface area (TPSA) is 55.7 Å². The molecule has 1 saturated heterocycles. The molecule has 0 aromatic rings. The number of rotatable bonds is 8. The zero-order chi connectivity index (χ0) is 11.6. The quantitative estimate of drug-likeness (QED) is 0.552. The number of piperidine rings is 1. The summed E-state index contributed by atoms with van der Waals surface area (Å²) in [5.74, 6) is 0.832. The van der Waals surface area contributed by atoms with Crippen LogP contribution >= 0.6 is 0 Å². The van der Waals surface area contributed by atoms with E-state index in [0.29, 0.717) is 13.1 Å². The number of hydrogen-bond donors (Lipinski definition) is 3. The van der Waals surface area contributed by atoms with Gasteiger partial charge in [-0.2, -0.15) is 0 Å². The lowest BCUT2D eigenvalue weighted by atomic mass is 9.95. The smallest absolute Gasteiger partial charge is 0.0558 e. The fraction of sp³-hybridized carbons (Fsp3) is 1.00. The van der Waals surface area contributed by atoms with Crippen molar-refractivity contribution in [1.82, 2.24) is 10.2 Å². The van der Waals surface area contributed by atoms with Crippen molar-refractivity contribution in [2.75, 3.05) is 45.9 Å². The van der Waals surface area contributed by atoms with Gasteiger partial charge < -0.3 is 15.5 Å². The summed E-state index contributed by atoms with van der Waals surface area (Å²) in [5.41, 5.74) is 0. The van der Waals surface area contributed by atoms with Crippen LogP contribution in [0.4, 0.5) is 0 Å². The first-order valence-electron chi connectivity index (χ1n) is 6.51. The molecule has 1 heterocycles. The van der Waals surface area contributed by atoms with Crippen LogP contribution in [0.15, 0.2) is 0 Å². The minimum Gasteiger partial charge on any atom is -0.395 e. The molecule has 1 unspecified atom stereocenters.